The third-order valence-electron chi connectivity index (χ3n) is 3.40. The van der Waals surface area contributed by atoms with Crippen molar-refractivity contribution in [2.45, 2.75) is 26.0 Å². The second kappa shape index (κ2) is 5.41. The van der Waals surface area contributed by atoms with Crippen molar-refractivity contribution in [3.63, 3.8) is 0 Å². The smallest absolute Gasteiger partial charge is 0.339 e. The summed E-state index contributed by atoms with van der Waals surface area (Å²) in [5, 5.41) is 18.9. The van der Waals surface area contributed by atoms with E-state index in [-0.39, 0.29) is 11.7 Å². The van der Waals surface area contributed by atoms with Crippen molar-refractivity contribution >= 4 is 5.97 Å². The highest BCUT2D eigenvalue weighted by Gasteiger charge is 2.25. The second-order valence-corrected chi connectivity index (χ2v) is 4.76. The van der Waals surface area contributed by atoms with E-state index in [4.69, 9.17) is 5.11 Å². The molecule has 0 amide bonds. The summed E-state index contributed by atoms with van der Waals surface area (Å²) in [6, 6.07) is 0. The molecule has 1 aromatic rings. The Labute approximate surface area is 105 Å². The Bertz CT molecular complexity index is 438. The van der Waals surface area contributed by atoms with Gasteiger partial charge in [-0.1, -0.05) is 6.92 Å². The Hall–Kier alpha value is -1.53. The molecule has 1 fully saturated rings. The van der Waals surface area contributed by atoms with E-state index in [0.717, 1.165) is 13.0 Å². The van der Waals surface area contributed by atoms with Gasteiger partial charge in [0.25, 0.3) is 0 Å². The van der Waals surface area contributed by atoms with Gasteiger partial charge in [0.2, 0.25) is 0 Å². The zero-order chi connectivity index (χ0) is 13.1. The third-order valence-corrected chi connectivity index (χ3v) is 3.40. The van der Waals surface area contributed by atoms with Gasteiger partial charge in [-0.15, -0.1) is 0 Å². The molecule has 0 aliphatic carbocycles. The number of likely N-dealkylation sites (tertiary alicyclic amines) is 1. The number of aliphatic hydroxyl groups excluding tert-OH is 1. The van der Waals surface area contributed by atoms with Gasteiger partial charge in [0.05, 0.1) is 11.8 Å². The third kappa shape index (κ3) is 2.83. The minimum absolute atomic E-state index is 0.130. The Kier molecular flexibility index (Phi) is 3.88. The molecular formula is C12H17N3O3. The van der Waals surface area contributed by atoms with Crippen LogP contribution in [0.4, 0.5) is 0 Å². The van der Waals surface area contributed by atoms with Crippen LogP contribution in [-0.4, -0.2) is 50.2 Å². The summed E-state index contributed by atoms with van der Waals surface area (Å²) < 4.78 is 0. The van der Waals surface area contributed by atoms with Crippen LogP contribution in [-0.2, 0) is 6.54 Å². The van der Waals surface area contributed by atoms with Crippen LogP contribution in [0.15, 0.2) is 12.5 Å². The fourth-order valence-electron chi connectivity index (χ4n) is 2.13. The topological polar surface area (TPSA) is 86.6 Å². The standard InChI is InChI=1S/C12H17N3O3/c1-8-2-3-15(6-11(8)16)5-10-9(12(17)18)4-13-7-14-10/h4,7-8,11,16H,2-3,5-6H2,1H3,(H,17,18). The molecule has 0 radical (unpaired) electrons. The number of aromatic carboxylic acids is 1. The maximum Gasteiger partial charge on any atom is 0.339 e. The van der Waals surface area contributed by atoms with Crippen LogP contribution in [0.25, 0.3) is 0 Å². The highest BCUT2D eigenvalue weighted by atomic mass is 16.4. The monoisotopic (exact) mass is 251 g/mol. The normalized spacial score (nSPS) is 25.0. The summed E-state index contributed by atoms with van der Waals surface area (Å²) >= 11 is 0. The van der Waals surface area contributed by atoms with Gasteiger partial charge in [-0.05, 0) is 18.9 Å². The molecule has 1 aliphatic heterocycles. The zero-order valence-corrected chi connectivity index (χ0v) is 10.3. The Morgan fingerprint density at radius 1 is 1.61 bits per heavy atom. The highest BCUT2D eigenvalue weighted by molar-refractivity contribution is 5.88. The first-order chi connectivity index (χ1) is 8.58. The average Bonchev–Trinajstić information content (AvgIpc) is 2.34. The summed E-state index contributed by atoms with van der Waals surface area (Å²) in [5.41, 5.74) is 0.630. The largest absolute Gasteiger partial charge is 0.478 e. The van der Waals surface area contributed by atoms with Crippen molar-refractivity contribution in [3.05, 3.63) is 23.8 Å². The van der Waals surface area contributed by atoms with E-state index in [1.807, 2.05) is 11.8 Å². The van der Waals surface area contributed by atoms with E-state index in [9.17, 15) is 9.90 Å². The van der Waals surface area contributed by atoms with E-state index >= 15 is 0 Å². The molecule has 18 heavy (non-hydrogen) atoms. The minimum Gasteiger partial charge on any atom is -0.478 e. The molecule has 6 nitrogen and oxygen atoms in total. The van der Waals surface area contributed by atoms with E-state index in [2.05, 4.69) is 9.97 Å². The molecular weight excluding hydrogens is 234 g/mol. The van der Waals surface area contributed by atoms with Gasteiger partial charge in [-0.3, -0.25) is 4.90 Å². The van der Waals surface area contributed by atoms with Crippen molar-refractivity contribution in [2.24, 2.45) is 5.92 Å². The van der Waals surface area contributed by atoms with E-state index in [0.29, 0.717) is 24.7 Å². The van der Waals surface area contributed by atoms with Crippen LogP contribution in [0.5, 0.6) is 0 Å². The molecule has 0 bridgehead atoms. The number of aliphatic hydroxyl groups is 1. The maximum absolute atomic E-state index is 11.0. The summed E-state index contributed by atoms with van der Waals surface area (Å²) in [6.07, 6.45) is 3.22. The highest BCUT2D eigenvalue weighted by Crippen LogP contribution is 2.19. The Morgan fingerprint density at radius 2 is 2.39 bits per heavy atom. The summed E-state index contributed by atoms with van der Waals surface area (Å²) in [6.45, 7) is 3.87. The predicted octanol–water partition coefficient (Wildman–Crippen LogP) is 0.378. The van der Waals surface area contributed by atoms with Gasteiger partial charge in [-0.2, -0.15) is 0 Å². The first kappa shape index (κ1) is 12.9. The van der Waals surface area contributed by atoms with Gasteiger partial charge in [-0.25, -0.2) is 14.8 Å². The van der Waals surface area contributed by atoms with Gasteiger partial charge < -0.3 is 10.2 Å². The minimum atomic E-state index is -1.02. The van der Waals surface area contributed by atoms with Gasteiger partial charge in [0.15, 0.2) is 0 Å². The predicted molar refractivity (Wildman–Crippen MR) is 64.1 cm³/mol. The lowest BCUT2D eigenvalue weighted by Crippen LogP contribution is -2.42. The van der Waals surface area contributed by atoms with Crippen LogP contribution in [0.3, 0.4) is 0 Å². The van der Waals surface area contributed by atoms with Crippen LogP contribution in [0, 0.1) is 5.92 Å². The zero-order valence-electron chi connectivity index (χ0n) is 10.3. The maximum atomic E-state index is 11.0. The summed E-state index contributed by atoms with van der Waals surface area (Å²) in [5.74, 6) is -0.720. The lowest BCUT2D eigenvalue weighted by atomic mass is 9.96. The fourth-order valence-corrected chi connectivity index (χ4v) is 2.13. The Balaban J connectivity index is 2.08. The quantitative estimate of drug-likeness (QED) is 0.807. The van der Waals surface area contributed by atoms with E-state index < -0.39 is 5.97 Å². The average molecular weight is 251 g/mol. The number of aromatic nitrogens is 2. The molecule has 98 valence electrons. The van der Waals surface area contributed by atoms with Crippen LogP contribution >= 0.6 is 0 Å². The number of hydrogen-bond donors (Lipinski definition) is 2. The molecule has 2 atom stereocenters. The van der Waals surface area contributed by atoms with Gasteiger partial charge >= 0.3 is 5.97 Å². The molecule has 2 unspecified atom stereocenters. The molecule has 2 rings (SSSR count). The van der Waals surface area contributed by atoms with Gasteiger partial charge in [0, 0.05) is 19.3 Å². The molecule has 1 saturated heterocycles. The molecule has 1 aromatic heterocycles. The molecule has 0 saturated carbocycles. The second-order valence-electron chi connectivity index (χ2n) is 4.76. The number of β-amino-alcohol motifs (C(OH)–C–C–N with tert-alkyl or cyclic N) is 1. The molecule has 2 heterocycles. The number of carboxylic acid groups (broad SMARTS) is 1. The molecule has 1 aliphatic rings. The number of carbonyl (C=O) groups is 1. The molecule has 2 N–H and O–H groups in total. The molecule has 6 heteroatoms. The SMILES string of the molecule is CC1CCN(Cc2ncncc2C(=O)O)CC1O. The first-order valence-corrected chi connectivity index (χ1v) is 6.00. The lowest BCUT2D eigenvalue weighted by Gasteiger charge is -2.34. The van der Waals surface area contributed by atoms with Crippen molar-refractivity contribution in [2.75, 3.05) is 13.1 Å². The van der Waals surface area contributed by atoms with Crippen molar-refractivity contribution in [1.82, 2.24) is 14.9 Å². The summed E-state index contributed by atoms with van der Waals surface area (Å²) in [7, 11) is 0. The Morgan fingerprint density at radius 3 is 3.06 bits per heavy atom. The van der Waals surface area contributed by atoms with Crippen molar-refractivity contribution in [3.8, 4) is 0 Å². The first-order valence-electron chi connectivity index (χ1n) is 6.00. The number of rotatable bonds is 3. The van der Waals surface area contributed by atoms with Crippen molar-refractivity contribution in [1.29, 1.82) is 0 Å². The van der Waals surface area contributed by atoms with Crippen molar-refractivity contribution < 1.29 is 15.0 Å². The van der Waals surface area contributed by atoms with E-state index in [1.165, 1.54) is 12.5 Å². The lowest BCUT2D eigenvalue weighted by molar-refractivity contribution is 0.0252. The fraction of sp³-hybridized carbons (Fsp3) is 0.583. The van der Waals surface area contributed by atoms with Crippen LogP contribution in [0.1, 0.15) is 29.4 Å². The van der Waals surface area contributed by atoms with E-state index in [1.54, 1.807) is 0 Å². The van der Waals surface area contributed by atoms with Crippen LogP contribution in [0.2, 0.25) is 0 Å². The van der Waals surface area contributed by atoms with Gasteiger partial charge in [0.1, 0.15) is 11.9 Å². The molecule has 0 spiro atoms. The number of piperidine rings is 1. The number of carboxylic acids is 1. The number of hydrogen-bond acceptors (Lipinski definition) is 5. The van der Waals surface area contributed by atoms with Crippen LogP contribution < -0.4 is 0 Å². The number of nitrogens with zero attached hydrogens (tertiary/aromatic N) is 3. The molecule has 0 aromatic carbocycles. The summed E-state index contributed by atoms with van der Waals surface area (Å²) in [4.78, 5) is 20.8.